The minimum atomic E-state index is 0. The lowest BCUT2D eigenvalue weighted by Gasteiger charge is -2.42. The van der Waals surface area contributed by atoms with Gasteiger partial charge in [0.1, 0.15) is 6.61 Å². The number of nitrogens with zero attached hydrogens (tertiary/aromatic N) is 3. The van der Waals surface area contributed by atoms with Crippen molar-refractivity contribution in [1.82, 2.24) is 20.0 Å². The average Bonchev–Trinajstić information content (AvgIpc) is 2.50. The van der Waals surface area contributed by atoms with Gasteiger partial charge in [-0.3, -0.25) is 9.69 Å². The van der Waals surface area contributed by atoms with Crippen LogP contribution in [-0.2, 0) is 9.53 Å². The molecule has 0 aromatic carbocycles. The molecule has 3 saturated heterocycles. The van der Waals surface area contributed by atoms with E-state index < -0.39 is 0 Å². The third-order valence-corrected chi connectivity index (χ3v) is 5.34. The van der Waals surface area contributed by atoms with Crippen molar-refractivity contribution >= 4 is 43.1 Å². The van der Waals surface area contributed by atoms with E-state index in [9.17, 15) is 4.79 Å². The van der Waals surface area contributed by atoms with Crippen molar-refractivity contribution in [2.75, 3.05) is 66.1 Å². The Labute approximate surface area is 170 Å². The molecule has 0 radical (unpaired) electrons. The SMILES string of the molecule is CN1CCC(N2CCN(C(=O)COC[C@@H]3CCN3)CC2)CC1.Cl.Cl.Cl. The molecule has 1 N–H and O–H groups in total. The van der Waals surface area contributed by atoms with Gasteiger partial charge in [0.2, 0.25) is 5.91 Å². The third kappa shape index (κ3) is 7.37. The van der Waals surface area contributed by atoms with Crippen LogP contribution in [0.2, 0.25) is 0 Å². The van der Waals surface area contributed by atoms with Crippen LogP contribution in [0.3, 0.4) is 0 Å². The second-order valence-electron chi connectivity index (χ2n) is 6.91. The number of carbonyl (C=O) groups is 1. The standard InChI is InChI=1S/C16H30N4O2.3ClH/c1-18-6-3-15(4-7-18)19-8-10-20(11-9-19)16(21)13-22-12-14-2-5-17-14;;;/h14-15,17H,2-13H2,1H3;3*1H/t14-;;;/m0.../s1. The van der Waals surface area contributed by atoms with Crippen LogP contribution in [-0.4, -0.2) is 98.8 Å². The number of halogens is 3. The molecule has 25 heavy (non-hydrogen) atoms. The fourth-order valence-corrected chi connectivity index (χ4v) is 3.57. The Morgan fingerprint density at radius 2 is 1.60 bits per heavy atom. The quantitative estimate of drug-likeness (QED) is 0.716. The van der Waals surface area contributed by atoms with Gasteiger partial charge in [0.05, 0.1) is 6.61 Å². The minimum absolute atomic E-state index is 0. The van der Waals surface area contributed by atoms with Gasteiger partial charge in [0.25, 0.3) is 0 Å². The molecule has 1 amide bonds. The van der Waals surface area contributed by atoms with E-state index in [4.69, 9.17) is 4.74 Å². The molecule has 1 atom stereocenters. The molecule has 0 aliphatic carbocycles. The molecule has 0 aromatic rings. The van der Waals surface area contributed by atoms with Crippen LogP contribution in [0.1, 0.15) is 19.3 Å². The summed E-state index contributed by atoms with van der Waals surface area (Å²) in [5.74, 6) is 0.155. The highest BCUT2D eigenvalue weighted by molar-refractivity contribution is 5.86. The molecule has 150 valence electrons. The number of likely N-dealkylation sites (tertiary alicyclic amines) is 1. The number of hydrogen-bond acceptors (Lipinski definition) is 5. The third-order valence-electron chi connectivity index (χ3n) is 5.34. The molecule has 3 aliphatic rings. The first-order chi connectivity index (χ1) is 10.7. The van der Waals surface area contributed by atoms with Crippen molar-refractivity contribution in [3.05, 3.63) is 0 Å². The predicted molar refractivity (Wildman–Crippen MR) is 108 cm³/mol. The van der Waals surface area contributed by atoms with Crippen LogP contribution in [0.4, 0.5) is 0 Å². The number of hydrogen-bond donors (Lipinski definition) is 1. The molecule has 0 bridgehead atoms. The summed E-state index contributed by atoms with van der Waals surface area (Å²) in [4.78, 5) is 19.1. The number of nitrogens with one attached hydrogen (secondary N) is 1. The van der Waals surface area contributed by atoms with Crippen LogP contribution in [0.15, 0.2) is 0 Å². The Morgan fingerprint density at radius 1 is 1.00 bits per heavy atom. The number of ether oxygens (including phenoxy) is 1. The maximum atomic E-state index is 12.2. The Hall–Kier alpha value is 0.180. The number of rotatable bonds is 5. The molecule has 3 rings (SSSR count). The molecule has 0 spiro atoms. The fraction of sp³-hybridized carbons (Fsp3) is 0.938. The normalized spacial score (nSPS) is 25.2. The second kappa shape index (κ2) is 12.5. The molecule has 3 heterocycles. The molecule has 6 nitrogen and oxygen atoms in total. The Morgan fingerprint density at radius 3 is 2.12 bits per heavy atom. The van der Waals surface area contributed by atoms with Crippen LogP contribution in [0.5, 0.6) is 0 Å². The van der Waals surface area contributed by atoms with Crippen LogP contribution < -0.4 is 5.32 Å². The van der Waals surface area contributed by atoms with Crippen molar-refractivity contribution in [3.8, 4) is 0 Å². The van der Waals surface area contributed by atoms with E-state index in [0.29, 0.717) is 12.6 Å². The molecule has 0 aromatic heterocycles. The lowest BCUT2D eigenvalue weighted by atomic mass is 10.0. The van der Waals surface area contributed by atoms with Crippen LogP contribution in [0.25, 0.3) is 0 Å². The molecule has 3 aliphatic heterocycles. The summed E-state index contributed by atoms with van der Waals surface area (Å²) < 4.78 is 5.53. The molecule has 3 fully saturated rings. The van der Waals surface area contributed by atoms with Gasteiger partial charge in [-0.15, -0.1) is 37.2 Å². The van der Waals surface area contributed by atoms with Gasteiger partial charge < -0.3 is 19.9 Å². The smallest absolute Gasteiger partial charge is 0.248 e. The summed E-state index contributed by atoms with van der Waals surface area (Å²) in [6, 6.07) is 1.18. The first-order valence-electron chi connectivity index (χ1n) is 8.74. The number of piperidine rings is 1. The van der Waals surface area contributed by atoms with E-state index in [0.717, 1.165) is 38.8 Å². The second-order valence-corrected chi connectivity index (χ2v) is 6.91. The monoisotopic (exact) mass is 418 g/mol. The number of carbonyl (C=O) groups excluding carboxylic acids is 1. The van der Waals surface area contributed by atoms with Crippen molar-refractivity contribution < 1.29 is 9.53 Å². The van der Waals surface area contributed by atoms with Gasteiger partial charge in [-0.05, 0) is 45.9 Å². The average molecular weight is 420 g/mol. The van der Waals surface area contributed by atoms with Gasteiger partial charge in [-0.25, -0.2) is 0 Å². The van der Waals surface area contributed by atoms with Crippen LogP contribution in [0, 0.1) is 0 Å². The maximum Gasteiger partial charge on any atom is 0.248 e. The van der Waals surface area contributed by atoms with Gasteiger partial charge in [-0.1, -0.05) is 0 Å². The highest BCUT2D eigenvalue weighted by Crippen LogP contribution is 2.17. The minimum Gasteiger partial charge on any atom is -0.370 e. The maximum absolute atomic E-state index is 12.2. The summed E-state index contributed by atoms with van der Waals surface area (Å²) in [6.45, 7) is 8.15. The van der Waals surface area contributed by atoms with Crippen molar-refractivity contribution in [3.63, 3.8) is 0 Å². The van der Waals surface area contributed by atoms with Crippen molar-refractivity contribution in [1.29, 1.82) is 0 Å². The predicted octanol–water partition coefficient (Wildman–Crippen LogP) is 0.869. The van der Waals surface area contributed by atoms with E-state index in [1.54, 1.807) is 0 Å². The van der Waals surface area contributed by atoms with Gasteiger partial charge in [0.15, 0.2) is 0 Å². The first kappa shape index (κ1) is 25.2. The van der Waals surface area contributed by atoms with Gasteiger partial charge >= 0.3 is 0 Å². The zero-order valence-electron chi connectivity index (χ0n) is 15.0. The fourth-order valence-electron chi connectivity index (χ4n) is 3.57. The largest absolute Gasteiger partial charge is 0.370 e. The first-order valence-corrected chi connectivity index (χ1v) is 8.74. The lowest BCUT2D eigenvalue weighted by Crippen LogP contribution is -2.54. The highest BCUT2D eigenvalue weighted by Gasteiger charge is 2.28. The zero-order chi connectivity index (χ0) is 15.4. The van der Waals surface area contributed by atoms with Crippen molar-refractivity contribution in [2.45, 2.75) is 31.3 Å². The Kier molecular flexibility index (Phi) is 12.6. The Balaban J connectivity index is 0.00000192. The van der Waals surface area contributed by atoms with Crippen molar-refractivity contribution in [2.24, 2.45) is 0 Å². The van der Waals surface area contributed by atoms with Gasteiger partial charge in [0, 0.05) is 38.3 Å². The highest BCUT2D eigenvalue weighted by atomic mass is 35.5. The summed E-state index contributed by atoms with van der Waals surface area (Å²) in [6.07, 6.45) is 3.70. The van der Waals surface area contributed by atoms with E-state index in [1.807, 2.05) is 4.90 Å². The van der Waals surface area contributed by atoms with E-state index >= 15 is 0 Å². The van der Waals surface area contributed by atoms with Gasteiger partial charge in [-0.2, -0.15) is 0 Å². The summed E-state index contributed by atoms with van der Waals surface area (Å²) >= 11 is 0. The summed E-state index contributed by atoms with van der Waals surface area (Å²) in [5.41, 5.74) is 0. The zero-order valence-corrected chi connectivity index (χ0v) is 17.5. The molecular weight excluding hydrogens is 387 g/mol. The van der Waals surface area contributed by atoms with E-state index in [2.05, 4.69) is 22.2 Å². The van der Waals surface area contributed by atoms with E-state index in [1.165, 1.54) is 32.4 Å². The number of piperazine rings is 1. The molecule has 0 unspecified atom stereocenters. The topological polar surface area (TPSA) is 48.0 Å². The van der Waals surface area contributed by atoms with E-state index in [-0.39, 0.29) is 49.7 Å². The number of amides is 1. The summed E-state index contributed by atoms with van der Waals surface area (Å²) in [7, 11) is 2.20. The molecule has 9 heteroatoms. The summed E-state index contributed by atoms with van der Waals surface area (Å²) in [5, 5.41) is 3.28. The lowest BCUT2D eigenvalue weighted by molar-refractivity contribution is -0.138. The molecular formula is C16H33Cl3N4O2. The van der Waals surface area contributed by atoms with Crippen LogP contribution >= 0.6 is 37.2 Å². The Bertz CT molecular complexity index is 372. The molecule has 0 saturated carbocycles.